The van der Waals surface area contributed by atoms with Crippen LogP contribution in [0, 0.1) is 6.92 Å². The Morgan fingerprint density at radius 3 is 2.60 bits per heavy atom. The van der Waals surface area contributed by atoms with Crippen LogP contribution in [-0.2, 0) is 10.0 Å². The van der Waals surface area contributed by atoms with Crippen LogP contribution in [-0.4, -0.2) is 18.4 Å². The van der Waals surface area contributed by atoms with E-state index in [1.54, 1.807) is 13.0 Å². The molecule has 0 aliphatic heterocycles. The Kier molecular flexibility index (Phi) is 4.17. The summed E-state index contributed by atoms with van der Waals surface area (Å²) in [6.07, 6.45) is 0. The Balaban J connectivity index is 2.40. The maximum Gasteiger partial charge on any atom is 0.266 e. The maximum absolute atomic E-state index is 12.2. The summed E-state index contributed by atoms with van der Waals surface area (Å²) >= 11 is 8.97. The molecule has 0 spiro atoms. The quantitative estimate of drug-likeness (QED) is 0.633. The molecule has 20 heavy (non-hydrogen) atoms. The summed E-state index contributed by atoms with van der Waals surface area (Å²) in [6, 6.07) is 5.99. The zero-order chi connectivity index (χ0) is 14.9. The van der Waals surface area contributed by atoms with Crippen LogP contribution in [0.3, 0.4) is 0 Å². The number of halogens is 2. The van der Waals surface area contributed by atoms with Gasteiger partial charge in [-0.15, -0.1) is 0 Å². The molecule has 0 saturated carbocycles. The molecule has 0 bridgehead atoms. The summed E-state index contributed by atoms with van der Waals surface area (Å²) in [5, 5.41) is 0.152. The minimum Gasteiger partial charge on any atom is -0.398 e. The Hall–Kier alpha value is -1.38. The van der Waals surface area contributed by atoms with E-state index in [9.17, 15) is 8.42 Å². The summed E-state index contributed by atoms with van der Waals surface area (Å²) in [5.41, 5.74) is 6.37. The van der Waals surface area contributed by atoms with Gasteiger partial charge in [0.05, 0.1) is 5.69 Å². The number of nitrogens with zero attached hydrogens (tertiary/aromatic N) is 2. The van der Waals surface area contributed by atoms with Gasteiger partial charge in [-0.2, -0.15) is 0 Å². The highest BCUT2D eigenvalue weighted by atomic mass is 79.9. The molecule has 0 fully saturated rings. The molecule has 6 nitrogen and oxygen atoms in total. The predicted molar refractivity (Wildman–Crippen MR) is 81.1 cm³/mol. The Morgan fingerprint density at radius 1 is 1.30 bits per heavy atom. The minimum absolute atomic E-state index is 0.0538. The third-order valence-corrected chi connectivity index (χ3v) is 4.40. The highest BCUT2D eigenvalue weighted by Gasteiger charge is 2.19. The summed E-state index contributed by atoms with van der Waals surface area (Å²) < 4.78 is 27.4. The van der Waals surface area contributed by atoms with Crippen molar-refractivity contribution in [1.82, 2.24) is 9.97 Å². The van der Waals surface area contributed by atoms with Gasteiger partial charge in [0.2, 0.25) is 5.95 Å². The first-order chi connectivity index (χ1) is 9.28. The molecule has 0 saturated heterocycles. The number of hydrogen-bond acceptors (Lipinski definition) is 5. The van der Waals surface area contributed by atoms with Crippen molar-refractivity contribution in [2.24, 2.45) is 0 Å². The van der Waals surface area contributed by atoms with Crippen LogP contribution in [0.1, 0.15) is 5.69 Å². The minimum atomic E-state index is -3.87. The highest BCUT2D eigenvalue weighted by molar-refractivity contribution is 9.10. The second kappa shape index (κ2) is 5.55. The zero-order valence-corrected chi connectivity index (χ0v) is 13.4. The fourth-order valence-corrected chi connectivity index (χ4v) is 3.19. The van der Waals surface area contributed by atoms with Gasteiger partial charge >= 0.3 is 0 Å². The maximum atomic E-state index is 12.2. The second-order valence-electron chi connectivity index (χ2n) is 3.94. The van der Waals surface area contributed by atoms with Gasteiger partial charge in [-0.1, -0.05) is 27.5 Å². The van der Waals surface area contributed by atoms with Gasteiger partial charge in [-0.25, -0.2) is 23.1 Å². The van der Waals surface area contributed by atoms with Crippen LogP contribution in [0.2, 0.25) is 5.15 Å². The molecule has 0 aliphatic rings. The lowest BCUT2D eigenvalue weighted by Crippen LogP contribution is -2.17. The normalized spacial score (nSPS) is 11.3. The van der Waals surface area contributed by atoms with Crippen molar-refractivity contribution in [3.05, 3.63) is 39.6 Å². The standard InChI is InChI=1S/C11H10BrClN4O2S/c1-6-4-10(13)16-11(15-6)17-20(18,19)9-3-2-7(12)5-8(9)14/h2-5H,14H2,1H3,(H,15,16,17). The lowest BCUT2D eigenvalue weighted by Gasteiger charge is -2.09. The number of rotatable bonds is 3. The molecule has 106 valence electrons. The first kappa shape index (κ1) is 15.0. The smallest absolute Gasteiger partial charge is 0.266 e. The van der Waals surface area contributed by atoms with Crippen LogP contribution in [0.15, 0.2) is 33.6 Å². The van der Waals surface area contributed by atoms with Crippen molar-refractivity contribution in [1.29, 1.82) is 0 Å². The van der Waals surface area contributed by atoms with E-state index >= 15 is 0 Å². The summed E-state index contributed by atoms with van der Waals surface area (Å²) in [5.74, 6) is -0.0997. The molecule has 2 aromatic rings. The monoisotopic (exact) mass is 376 g/mol. The van der Waals surface area contributed by atoms with E-state index in [1.165, 1.54) is 18.2 Å². The Morgan fingerprint density at radius 2 is 2.00 bits per heavy atom. The summed E-state index contributed by atoms with van der Waals surface area (Å²) in [4.78, 5) is 7.71. The second-order valence-corrected chi connectivity index (χ2v) is 6.90. The third kappa shape index (κ3) is 3.38. The topological polar surface area (TPSA) is 98.0 Å². The van der Waals surface area contributed by atoms with Gasteiger partial charge in [0.1, 0.15) is 10.0 Å². The number of nitrogens with two attached hydrogens (primary N) is 1. The molecule has 0 aliphatic carbocycles. The molecule has 1 aromatic carbocycles. The highest BCUT2D eigenvalue weighted by Crippen LogP contribution is 2.24. The molecule has 9 heteroatoms. The van der Waals surface area contributed by atoms with E-state index in [1.807, 2.05) is 0 Å². The Labute approximate surface area is 129 Å². The van der Waals surface area contributed by atoms with E-state index in [4.69, 9.17) is 17.3 Å². The van der Waals surface area contributed by atoms with Gasteiger partial charge in [0.15, 0.2) is 0 Å². The first-order valence-corrected chi connectivity index (χ1v) is 8.02. The van der Waals surface area contributed by atoms with Gasteiger partial charge in [-0.05, 0) is 31.2 Å². The number of benzene rings is 1. The number of aromatic nitrogens is 2. The predicted octanol–water partition coefficient (Wildman–Crippen LogP) is 2.58. The fraction of sp³-hybridized carbons (Fsp3) is 0.0909. The number of anilines is 2. The van der Waals surface area contributed by atoms with Crippen LogP contribution in [0.4, 0.5) is 11.6 Å². The molecular weight excluding hydrogens is 368 g/mol. The van der Waals surface area contributed by atoms with Crippen LogP contribution in [0.5, 0.6) is 0 Å². The molecule has 0 radical (unpaired) electrons. The summed E-state index contributed by atoms with van der Waals surface area (Å²) in [7, 11) is -3.87. The fourth-order valence-electron chi connectivity index (χ4n) is 1.51. The Bertz CT molecular complexity index is 747. The number of nitrogen functional groups attached to an aromatic ring is 1. The van der Waals surface area contributed by atoms with Crippen molar-refractivity contribution in [3.8, 4) is 0 Å². The molecule has 0 atom stereocenters. The molecule has 3 N–H and O–H groups in total. The number of sulfonamides is 1. The molecule has 1 aromatic heterocycles. The number of aryl methyl sites for hydroxylation is 1. The van der Waals surface area contributed by atoms with Crippen molar-refractivity contribution in [2.75, 3.05) is 10.5 Å². The van der Waals surface area contributed by atoms with Crippen LogP contribution < -0.4 is 10.5 Å². The summed E-state index contributed by atoms with van der Waals surface area (Å²) in [6.45, 7) is 1.68. The van der Waals surface area contributed by atoms with Gasteiger partial charge in [0.25, 0.3) is 10.0 Å². The largest absolute Gasteiger partial charge is 0.398 e. The van der Waals surface area contributed by atoms with E-state index in [-0.39, 0.29) is 21.7 Å². The average molecular weight is 378 g/mol. The van der Waals surface area contributed by atoms with Crippen LogP contribution in [0.25, 0.3) is 0 Å². The lowest BCUT2D eigenvalue weighted by molar-refractivity contribution is 0.601. The van der Waals surface area contributed by atoms with Crippen molar-refractivity contribution in [2.45, 2.75) is 11.8 Å². The van der Waals surface area contributed by atoms with Gasteiger partial charge in [-0.3, -0.25) is 0 Å². The SMILES string of the molecule is Cc1cc(Cl)nc(NS(=O)(=O)c2ccc(Br)cc2N)n1. The van der Waals surface area contributed by atoms with E-state index in [0.29, 0.717) is 10.2 Å². The van der Waals surface area contributed by atoms with Crippen molar-refractivity contribution >= 4 is 49.2 Å². The molecule has 0 unspecified atom stereocenters. The van der Waals surface area contributed by atoms with E-state index in [2.05, 4.69) is 30.6 Å². The van der Waals surface area contributed by atoms with Gasteiger partial charge < -0.3 is 5.73 Å². The first-order valence-electron chi connectivity index (χ1n) is 5.37. The average Bonchev–Trinajstić information content (AvgIpc) is 2.25. The zero-order valence-electron chi connectivity index (χ0n) is 10.3. The van der Waals surface area contributed by atoms with Crippen molar-refractivity contribution in [3.63, 3.8) is 0 Å². The van der Waals surface area contributed by atoms with E-state index < -0.39 is 10.0 Å². The molecular formula is C11H10BrClN4O2S. The molecule has 0 amide bonds. The van der Waals surface area contributed by atoms with E-state index in [0.717, 1.165) is 0 Å². The van der Waals surface area contributed by atoms with Gasteiger partial charge in [0, 0.05) is 10.2 Å². The number of nitrogens with one attached hydrogen (secondary N) is 1. The molecule has 1 heterocycles. The van der Waals surface area contributed by atoms with Crippen LogP contribution >= 0.6 is 27.5 Å². The lowest BCUT2D eigenvalue weighted by atomic mass is 10.3. The third-order valence-electron chi connectivity index (χ3n) is 2.31. The number of hydrogen-bond donors (Lipinski definition) is 2. The molecule has 2 rings (SSSR count). The van der Waals surface area contributed by atoms with Crippen molar-refractivity contribution < 1.29 is 8.42 Å².